The first-order chi connectivity index (χ1) is 9.13. The summed E-state index contributed by atoms with van der Waals surface area (Å²) in [6.45, 7) is -0.300. The molecule has 0 unspecified atom stereocenters. The first kappa shape index (κ1) is 13.1. The van der Waals surface area contributed by atoms with Crippen LogP contribution >= 0.6 is 0 Å². The highest BCUT2D eigenvalue weighted by atomic mass is 16.4. The summed E-state index contributed by atoms with van der Waals surface area (Å²) in [6.07, 6.45) is 1.69. The van der Waals surface area contributed by atoms with Crippen molar-refractivity contribution in [1.82, 2.24) is 10.3 Å². The van der Waals surface area contributed by atoms with E-state index >= 15 is 0 Å². The zero-order valence-corrected chi connectivity index (χ0v) is 10.1. The van der Waals surface area contributed by atoms with Gasteiger partial charge in [0.25, 0.3) is 5.91 Å². The minimum Gasteiger partial charge on any atom is -0.480 e. The largest absolute Gasteiger partial charge is 0.480 e. The molecule has 0 radical (unpaired) electrons. The SMILES string of the molecule is O=C(N[C@H](CCO)C(=O)O)c1cccc2[nH]ccc12. The van der Waals surface area contributed by atoms with Crippen LogP contribution in [0, 0.1) is 0 Å². The number of hydrogen-bond donors (Lipinski definition) is 4. The first-order valence-corrected chi connectivity index (χ1v) is 5.84. The molecule has 4 N–H and O–H groups in total. The molecule has 1 aromatic carbocycles. The molecule has 0 saturated carbocycles. The van der Waals surface area contributed by atoms with Crippen LogP contribution in [0.1, 0.15) is 16.8 Å². The molecule has 0 aliphatic heterocycles. The molecule has 6 heteroatoms. The second-order valence-corrected chi connectivity index (χ2v) is 4.12. The van der Waals surface area contributed by atoms with Crippen LogP contribution in [-0.4, -0.2) is 39.7 Å². The number of rotatable bonds is 5. The Labute approximate surface area is 109 Å². The number of aliphatic carboxylic acids is 1. The quantitative estimate of drug-likeness (QED) is 0.638. The zero-order chi connectivity index (χ0) is 13.8. The van der Waals surface area contributed by atoms with Crippen molar-refractivity contribution >= 4 is 22.8 Å². The van der Waals surface area contributed by atoms with E-state index in [1.807, 2.05) is 6.07 Å². The predicted octanol–water partition coefficient (Wildman–Crippen LogP) is 0.733. The summed E-state index contributed by atoms with van der Waals surface area (Å²) in [4.78, 5) is 26.0. The van der Waals surface area contributed by atoms with Gasteiger partial charge in [-0.25, -0.2) is 4.79 Å². The standard InChI is InChI=1S/C13H14N2O4/c16-7-5-11(13(18)19)15-12(17)9-2-1-3-10-8(9)4-6-14-10/h1-4,6,11,14,16H,5,7H2,(H,15,17)(H,18,19)/t11-/m1/s1. The Morgan fingerprint density at radius 3 is 2.79 bits per heavy atom. The second-order valence-electron chi connectivity index (χ2n) is 4.12. The van der Waals surface area contributed by atoms with Crippen molar-refractivity contribution in [3.8, 4) is 0 Å². The van der Waals surface area contributed by atoms with Crippen LogP contribution in [0.15, 0.2) is 30.5 Å². The fourth-order valence-electron chi connectivity index (χ4n) is 1.91. The molecule has 0 aliphatic rings. The van der Waals surface area contributed by atoms with E-state index in [4.69, 9.17) is 10.2 Å². The number of H-pyrrole nitrogens is 1. The van der Waals surface area contributed by atoms with E-state index in [2.05, 4.69) is 10.3 Å². The topological polar surface area (TPSA) is 102 Å². The lowest BCUT2D eigenvalue weighted by Gasteiger charge is -2.13. The van der Waals surface area contributed by atoms with E-state index < -0.39 is 17.9 Å². The lowest BCUT2D eigenvalue weighted by molar-refractivity contribution is -0.139. The summed E-state index contributed by atoms with van der Waals surface area (Å²) in [7, 11) is 0. The summed E-state index contributed by atoms with van der Waals surface area (Å²) in [5, 5.41) is 20.9. The van der Waals surface area contributed by atoms with E-state index in [9.17, 15) is 9.59 Å². The molecule has 0 spiro atoms. The van der Waals surface area contributed by atoms with Gasteiger partial charge in [-0.1, -0.05) is 6.07 Å². The molecule has 0 aliphatic carbocycles. The van der Waals surface area contributed by atoms with E-state index in [0.29, 0.717) is 5.56 Å². The molecule has 100 valence electrons. The number of aromatic amines is 1. The lowest BCUT2D eigenvalue weighted by atomic mass is 10.1. The maximum atomic E-state index is 12.1. The first-order valence-electron chi connectivity index (χ1n) is 5.84. The summed E-state index contributed by atoms with van der Waals surface area (Å²) in [5.74, 6) is -1.63. The van der Waals surface area contributed by atoms with E-state index in [1.165, 1.54) is 0 Å². The van der Waals surface area contributed by atoms with Gasteiger partial charge >= 0.3 is 5.97 Å². The number of hydrogen-bond acceptors (Lipinski definition) is 3. The Morgan fingerprint density at radius 1 is 1.32 bits per heavy atom. The Balaban J connectivity index is 2.24. The number of carbonyl (C=O) groups is 2. The van der Waals surface area contributed by atoms with Crippen molar-refractivity contribution in [2.24, 2.45) is 0 Å². The number of carboxylic acids is 1. The van der Waals surface area contributed by atoms with Gasteiger partial charge in [0.2, 0.25) is 0 Å². The van der Waals surface area contributed by atoms with E-state index in [1.54, 1.807) is 24.4 Å². The Bertz CT molecular complexity index is 605. The molecular formula is C13H14N2O4. The number of aliphatic hydroxyl groups excluding tert-OH is 1. The third kappa shape index (κ3) is 2.74. The molecule has 19 heavy (non-hydrogen) atoms. The van der Waals surface area contributed by atoms with Crippen LogP contribution in [0.4, 0.5) is 0 Å². The summed E-state index contributed by atoms with van der Waals surface area (Å²) in [6, 6.07) is 5.84. The van der Waals surface area contributed by atoms with Crippen LogP contribution in [0.2, 0.25) is 0 Å². The highest BCUT2D eigenvalue weighted by molar-refractivity contribution is 6.07. The fraction of sp³-hybridized carbons (Fsp3) is 0.231. The predicted molar refractivity (Wildman–Crippen MR) is 68.9 cm³/mol. The minimum atomic E-state index is -1.16. The minimum absolute atomic E-state index is 0.0236. The third-order valence-corrected chi connectivity index (χ3v) is 2.86. The van der Waals surface area contributed by atoms with Crippen molar-refractivity contribution in [1.29, 1.82) is 0 Å². The van der Waals surface area contributed by atoms with Crippen molar-refractivity contribution < 1.29 is 19.8 Å². The zero-order valence-electron chi connectivity index (χ0n) is 10.1. The van der Waals surface area contributed by atoms with Gasteiger partial charge in [0, 0.05) is 35.7 Å². The highest BCUT2D eigenvalue weighted by Crippen LogP contribution is 2.17. The summed E-state index contributed by atoms with van der Waals surface area (Å²) in [5.41, 5.74) is 1.21. The average Bonchev–Trinajstić information content (AvgIpc) is 2.85. The van der Waals surface area contributed by atoms with Gasteiger partial charge in [0.05, 0.1) is 0 Å². The number of aromatic nitrogens is 1. The van der Waals surface area contributed by atoms with Crippen LogP contribution < -0.4 is 5.32 Å². The summed E-state index contributed by atoms with van der Waals surface area (Å²) >= 11 is 0. The average molecular weight is 262 g/mol. The molecule has 2 rings (SSSR count). The van der Waals surface area contributed by atoms with Crippen molar-refractivity contribution in [3.63, 3.8) is 0 Å². The van der Waals surface area contributed by atoms with Gasteiger partial charge in [0.15, 0.2) is 0 Å². The number of amides is 1. The van der Waals surface area contributed by atoms with E-state index in [-0.39, 0.29) is 13.0 Å². The van der Waals surface area contributed by atoms with Gasteiger partial charge in [0.1, 0.15) is 6.04 Å². The molecule has 0 bridgehead atoms. The van der Waals surface area contributed by atoms with Gasteiger partial charge in [-0.3, -0.25) is 4.79 Å². The number of fused-ring (bicyclic) bond motifs is 1. The number of aliphatic hydroxyl groups is 1. The maximum Gasteiger partial charge on any atom is 0.326 e. The smallest absolute Gasteiger partial charge is 0.326 e. The molecular weight excluding hydrogens is 248 g/mol. The second kappa shape index (κ2) is 5.53. The maximum absolute atomic E-state index is 12.1. The van der Waals surface area contributed by atoms with Crippen LogP contribution in [0.3, 0.4) is 0 Å². The molecule has 1 amide bonds. The monoisotopic (exact) mass is 262 g/mol. The van der Waals surface area contributed by atoms with Gasteiger partial charge in [-0.2, -0.15) is 0 Å². The van der Waals surface area contributed by atoms with Crippen molar-refractivity contribution in [3.05, 3.63) is 36.0 Å². The molecule has 1 atom stereocenters. The molecule has 0 saturated heterocycles. The molecule has 0 fully saturated rings. The van der Waals surface area contributed by atoms with Gasteiger partial charge < -0.3 is 20.5 Å². The van der Waals surface area contributed by atoms with Crippen molar-refractivity contribution in [2.45, 2.75) is 12.5 Å². The highest BCUT2D eigenvalue weighted by Gasteiger charge is 2.21. The fourth-order valence-corrected chi connectivity index (χ4v) is 1.91. The molecule has 1 aromatic heterocycles. The molecule has 2 aromatic rings. The molecule has 1 heterocycles. The van der Waals surface area contributed by atoms with Crippen LogP contribution in [0.5, 0.6) is 0 Å². The number of carboxylic acid groups (broad SMARTS) is 1. The molecule has 6 nitrogen and oxygen atoms in total. The Morgan fingerprint density at radius 2 is 2.11 bits per heavy atom. The Kier molecular flexibility index (Phi) is 3.82. The Hall–Kier alpha value is -2.34. The van der Waals surface area contributed by atoms with Gasteiger partial charge in [-0.05, 0) is 18.2 Å². The van der Waals surface area contributed by atoms with Gasteiger partial charge in [-0.15, -0.1) is 0 Å². The normalized spacial score (nSPS) is 12.3. The van der Waals surface area contributed by atoms with Crippen molar-refractivity contribution in [2.75, 3.05) is 6.61 Å². The lowest BCUT2D eigenvalue weighted by Crippen LogP contribution is -2.41. The van der Waals surface area contributed by atoms with Crippen LogP contribution in [-0.2, 0) is 4.79 Å². The number of carbonyl (C=O) groups excluding carboxylic acids is 1. The number of benzene rings is 1. The van der Waals surface area contributed by atoms with E-state index in [0.717, 1.165) is 10.9 Å². The van der Waals surface area contributed by atoms with Crippen LogP contribution in [0.25, 0.3) is 10.9 Å². The number of nitrogens with one attached hydrogen (secondary N) is 2. The summed E-state index contributed by atoms with van der Waals surface area (Å²) < 4.78 is 0. The third-order valence-electron chi connectivity index (χ3n) is 2.86.